The molecular formula is C25H24F5N7O2. The van der Waals surface area contributed by atoms with Crippen LogP contribution in [0.15, 0.2) is 36.7 Å². The van der Waals surface area contributed by atoms with E-state index < -0.39 is 23.7 Å². The quantitative estimate of drug-likeness (QED) is 0.137. The molecule has 0 aliphatic heterocycles. The monoisotopic (exact) mass is 549 g/mol. The van der Waals surface area contributed by atoms with Gasteiger partial charge in [0.2, 0.25) is 5.75 Å². The summed E-state index contributed by atoms with van der Waals surface area (Å²) < 4.78 is 73.3. The summed E-state index contributed by atoms with van der Waals surface area (Å²) in [4.78, 5) is 0. The number of aromatic nitrogens is 4. The molecule has 0 saturated heterocycles. The lowest BCUT2D eigenvalue weighted by Crippen LogP contribution is -2.20. The van der Waals surface area contributed by atoms with Crippen LogP contribution in [0.2, 0.25) is 0 Å². The minimum atomic E-state index is -5.18. The number of nitrogens with one attached hydrogen (secondary N) is 4. The van der Waals surface area contributed by atoms with E-state index in [2.05, 4.69) is 41.8 Å². The Kier molecular flexibility index (Phi) is 8.95. The lowest BCUT2D eigenvalue weighted by molar-refractivity contribution is -0.276. The molecule has 9 nitrogen and oxygen atoms in total. The standard InChI is InChI=1S/C25H24F5N7O2/c26-19-7-15(8-20(27)24(19)39-25(28,29)30)12-32-3-1-2-5-38-6-4-33-21-9-16(10-22-18(21)14-35-36-22)17-13-34-37-23(17)11-31/h7-10,13-14,32-33H,1-6,12H2,(H,34,37)(H,35,36). The van der Waals surface area contributed by atoms with Crippen LogP contribution in [-0.2, 0) is 11.3 Å². The summed E-state index contributed by atoms with van der Waals surface area (Å²) in [7, 11) is 0. The number of rotatable bonds is 13. The van der Waals surface area contributed by atoms with Gasteiger partial charge in [0.15, 0.2) is 11.6 Å². The fourth-order valence-electron chi connectivity index (χ4n) is 3.92. The predicted molar refractivity (Wildman–Crippen MR) is 132 cm³/mol. The zero-order valence-corrected chi connectivity index (χ0v) is 20.5. The molecule has 0 atom stereocenters. The van der Waals surface area contributed by atoms with Gasteiger partial charge >= 0.3 is 6.36 Å². The highest BCUT2D eigenvalue weighted by Gasteiger charge is 2.34. The molecule has 39 heavy (non-hydrogen) atoms. The van der Waals surface area contributed by atoms with Crippen LogP contribution in [0.1, 0.15) is 24.1 Å². The molecule has 2 aromatic carbocycles. The largest absolute Gasteiger partial charge is 0.573 e. The van der Waals surface area contributed by atoms with Gasteiger partial charge in [0, 0.05) is 36.3 Å². The van der Waals surface area contributed by atoms with E-state index in [9.17, 15) is 27.2 Å². The van der Waals surface area contributed by atoms with Crippen molar-refractivity contribution in [3.63, 3.8) is 0 Å². The van der Waals surface area contributed by atoms with Crippen molar-refractivity contribution >= 4 is 16.6 Å². The third kappa shape index (κ3) is 7.43. The first-order chi connectivity index (χ1) is 18.7. The number of benzene rings is 2. The molecule has 4 aromatic rings. The Hall–Kier alpha value is -4.22. The van der Waals surface area contributed by atoms with Gasteiger partial charge in [-0.05, 0) is 54.8 Å². The minimum absolute atomic E-state index is 0.0845. The van der Waals surface area contributed by atoms with E-state index in [0.29, 0.717) is 37.6 Å². The molecule has 14 heteroatoms. The number of hydrogen-bond acceptors (Lipinski definition) is 7. The zero-order valence-electron chi connectivity index (χ0n) is 20.5. The number of hydrogen-bond donors (Lipinski definition) is 4. The van der Waals surface area contributed by atoms with Crippen LogP contribution in [0.4, 0.5) is 27.6 Å². The molecule has 0 radical (unpaired) electrons. The molecule has 2 heterocycles. The van der Waals surface area contributed by atoms with Gasteiger partial charge in [-0.25, -0.2) is 8.78 Å². The molecule has 0 spiro atoms. The van der Waals surface area contributed by atoms with Gasteiger partial charge in [0.25, 0.3) is 0 Å². The number of anilines is 1. The number of fused-ring (bicyclic) bond motifs is 1. The van der Waals surface area contributed by atoms with Crippen LogP contribution in [0.25, 0.3) is 22.0 Å². The lowest BCUT2D eigenvalue weighted by atomic mass is 10.0. The Bertz CT molecular complexity index is 1420. The van der Waals surface area contributed by atoms with Gasteiger partial charge in [0.05, 0.1) is 24.5 Å². The highest BCUT2D eigenvalue weighted by Crippen LogP contribution is 2.31. The Balaban J connectivity index is 1.15. The number of unbranched alkanes of at least 4 members (excludes halogenated alkanes) is 1. The zero-order chi connectivity index (χ0) is 27.8. The van der Waals surface area contributed by atoms with Crippen molar-refractivity contribution in [3.8, 4) is 22.9 Å². The molecule has 4 N–H and O–H groups in total. The second kappa shape index (κ2) is 12.5. The summed E-state index contributed by atoms with van der Waals surface area (Å²) in [6.07, 6.45) is -0.425. The van der Waals surface area contributed by atoms with Crippen molar-refractivity contribution in [1.82, 2.24) is 25.7 Å². The van der Waals surface area contributed by atoms with Crippen molar-refractivity contribution in [1.29, 1.82) is 5.26 Å². The topological polar surface area (TPSA) is 124 Å². The minimum Gasteiger partial charge on any atom is -0.399 e. The summed E-state index contributed by atoms with van der Waals surface area (Å²) in [5, 5.41) is 30.1. The number of halogens is 5. The summed E-state index contributed by atoms with van der Waals surface area (Å²) in [6, 6.07) is 7.51. The summed E-state index contributed by atoms with van der Waals surface area (Å²) in [5.41, 5.74) is 3.66. The van der Waals surface area contributed by atoms with Crippen LogP contribution < -0.4 is 15.4 Å². The van der Waals surface area contributed by atoms with E-state index in [4.69, 9.17) is 4.74 Å². The molecule has 0 bridgehead atoms. The second-order valence-corrected chi connectivity index (χ2v) is 8.48. The average molecular weight is 550 g/mol. The van der Waals surface area contributed by atoms with Crippen LogP contribution in [-0.4, -0.2) is 53.1 Å². The van der Waals surface area contributed by atoms with E-state index >= 15 is 0 Å². The first-order valence-corrected chi connectivity index (χ1v) is 11.9. The van der Waals surface area contributed by atoms with Gasteiger partial charge in [-0.1, -0.05) is 0 Å². The predicted octanol–water partition coefficient (Wildman–Crippen LogP) is 5.00. The van der Waals surface area contributed by atoms with Crippen molar-refractivity contribution in [2.45, 2.75) is 25.7 Å². The molecule has 0 fully saturated rings. The number of nitrogens with zero attached hydrogens (tertiary/aromatic N) is 3. The molecule has 0 saturated carbocycles. The molecule has 0 aliphatic carbocycles. The Labute approximate surface area is 219 Å². The van der Waals surface area contributed by atoms with E-state index in [0.717, 1.165) is 47.1 Å². The highest BCUT2D eigenvalue weighted by molar-refractivity contribution is 5.95. The van der Waals surface area contributed by atoms with Gasteiger partial charge in [0.1, 0.15) is 11.8 Å². The van der Waals surface area contributed by atoms with Gasteiger partial charge in [-0.2, -0.15) is 15.5 Å². The summed E-state index contributed by atoms with van der Waals surface area (Å²) >= 11 is 0. The van der Waals surface area contributed by atoms with Crippen LogP contribution in [0.5, 0.6) is 5.75 Å². The smallest absolute Gasteiger partial charge is 0.399 e. The number of nitriles is 1. The maximum atomic E-state index is 13.8. The third-order valence-electron chi connectivity index (χ3n) is 5.68. The van der Waals surface area contributed by atoms with Crippen molar-refractivity contribution < 1.29 is 31.4 Å². The fourth-order valence-corrected chi connectivity index (χ4v) is 3.92. The number of H-pyrrole nitrogens is 2. The molecule has 0 aliphatic rings. The average Bonchev–Trinajstić information content (AvgIpc) is 3.56. The molecule has 206 valence electrons. The summed E-state index contributed by atoms with van der Waals surface area (Å²) in [6.45, 7) is 2.08. The van der Waals surface area contributed by atoms with Crippen LogP contribution in [0.3, 0.4) is 0 Å². The van der Waals surface area contributed by atoms with Crippen molar-refractivity contribution in [2.75, 3.05) is 31.6 Å². The number of aromatic amines is 2. The second-order valence-electron chi connectivity index (χ2n) is 8.48. The van der Waals surface area contributed by atoms with Gasteiger partial charge in [-0.3, -0.25) is 10.2 Å². The van der Waals surface area contributed by atoms with E-state index in [1.807, 2.05) is 12.1 Å². The molecule has 4 rings (SSSR count). The molecule has 0 amide bonds. The highest BCUT2D eigenvalue weighted by atomic mass is 19.4. The van der Waals surface area contributed by atoms with Crippen LogP contribution in [0, 0.1) is 23.0 Å². The Morgan fingerprint density at radius 1 is 0.949 bits per heavy atom. The first kappa shape index (κ1) is 27.8. The van der Waals surface area contributed by atoms with Gasteiger partial charge in [-0.15, -0.1) is 13.2 Å². The normalized spacial score (nSPS) is 11.6. The summed E-state index contributed by atoms with van der Waals surface area (Å²) in [5.74, 6) is -4.30. The van der Waals surface area contributed by atoms with Crippen molar-refractivity contribution in [3.05, 3.63) is 59.6 Å². The molecule has 0 unspecified atom stereocenters. The number of ether oxygens (including phenoxy) is 2. The third-order valence-corrected chi connectivity index (χ3v) is 5.68. The fraction of sp³-hybridized carbons (Fsp3) is 0.320. The maximum absolute atomic E-state index is 13.8. The maximum Gasteiger partial charge on any atom is 0.573 e. The van der Waals surface area contributed by atoms with E-state index in [-0.39, 0.29) is 12.1 Å². The van der Waals surface area contributed by atoms with E-state index in [1.54, 1.807) is 12.4 Å². The lowest BCUT2D eigenvalue weighted by Gasteiger charge is -2.12. The molecule has 2 aromatic heterocycles. The van der Waals surface area contributed by atoms with E-state index in [1.165, 1.54) is 0 Å². The Morgan fingerprint density at radius 2 is 1.72 bits per heavy atom. The van der Waals surface area contributed by atoms with Gasteiger partial charge < -0.3 is 20.1 Å². The first-order valence-electron chi connectivity index (χ1n) is 11.9. The molecular weight excluding hydrogens is 525 g/mol. The Morgan fingerprint density at radius 3 is 2.46 bits per heavy atom. The SMILES string of the molecule is N#Cc1[nH]ncc1-c1cc(NCCOCCCCNCc2cc(F)c(OC(F)(F)F)c(F)c2)c2cn[nH]c2c1. The number of alkyl halides is 3. The van der Waals surface area contributed by atoms with Crippen molar-refractivity contribution in [2.24, 2.45) is 0 Å². The van der Waals surface area contributed by atoms with Crippen LogP contribution >= 0.6 is 0 Å².